The summed E-state index contributed by atoms with van der Waals surface area (Å²) in [5, 5.41) is 0.631. The van der Waals surface area contributed by atoms with Crippen LogP contribution < -0.4 is 10.2 Å². The number of methoxy groups -OCH3 is 1. The van der Waals surface area contributed by atoms with Gasteiger partial charge in [0.25, 0.3) is 0 Å². The zero-order valence-corrected chi connectivity index (χ0v) is 11.7. The maximum atomic E-state index is 12.2. The molecule has 0 unspecified atom stereocenters. The van der Waals surface area contributed by atoms with Crippen molar-refractivity contribution in [3.63, 3.8) is 0 Å². The van der Waals surface area contributed by atoms with E-state index >= 15 is 0 Å². The SMILES string of the molecule is COc1ccc2[nH]c(/C=C/c3ccccc3)cc(=O)c2c1. The van der Waals surface area contributed by atoms with Crippen molar-refractivity contribution in [2.45, 2.75) is 0 Å². The summed E-state index contributed by atoms with van der Waals surface area (Å²) in [7, 11) is 1.59. The van der Waals surface area contributed by atoms with Crippen LogP contribution in [0.2, 0.25) is 0 Å². The van der Waals surface area contributed by atoms with E-state index in [9.17, 15) is 4.79 Å². The number of hydrogen-bond donors (Lipinski definition) is 1. The summed E-state index contributed by atoms with van der Waals surface area (Å²) in [6, 6.07) is 17.0. The lowest BCUT2D eigenvalue weighted by Gasteiger charge is -2.03. The average molecular weight is 277 g/mol. The highest BCUT2D eigenvalue weighted by Gasteiger charge is 2.02. The Bertz CT molecular complexity index is 848. The summed E-state index contributed by atoms with van der Waals surface area (Å²) < 4.78 is 5.15. The number of rotatable bonds is 3. The number of H-pyrrole nitrogens is 1. The Morgan fingerprint density at radius 1 is 1.00 bits per heavy atom. The molecule has 0 spiro atoms. The Morgan fingerprint density at radius 3 is 2.57 bits per heavy atom. The molecule has 1 aromatic heterocycles. The van der Waals surface area contributed by atoms with Gasteiger partial charge >= 0.3 is 0 Å². The summed E-state index contributed by atoms with van der Waals surface area (Å²) in [5.41, 5.74) is 2.65. The van der Waals surface area contributed by atoms with Crippen molar-refractivity contribution in [2.75, 3.05) is 7.11 Å². The van der Waals surface area contributed by atoms with Gasteiger partial charge in [-0.1, -0.05) is 36.4 Å². The third-order valence-electron chi connectivity index (χ3n) is 3.31. The highest BCUT2D eigenvalue weighted by molar-refractivity contribution is 5.82. The van der Waals surface area contributed by atoms with Crippen LogP contribution in [-0.2, 0) is 0 Å². The molecule has 3 heteroatoms. The molecule has 0 bridgehead atoms. The van der Waals surface area contributed by atoms with Crippen molar-refractivity contribution in [3.8, 4) is 5.75 Å². The fraction of sp³-hybridized carbons (Fsp3) is 0.0556. The van der Waals surface area contributed by atoms with Gasteiger partial charge in [-0.25, -0.2) is 0 Å². The largest absolute Gasteiger partial charge is 0.497 e. The van der Waals surface area contributed by atoms with E-state index in [-0.39, 0.29) is 5.43 Å². The number of benzene rings is 2. The number of nitrogens with one attached hydrogen (secondary N) is 1. The number of pyridine rings is 1. The fourth-order valence-electron chi connectivity index (χ4n) is 2.21. The fourth-order valence-corrected chi connectivity index (χ4v) is 2.21. The van der Waals surface area contributed by atoms with Crippen molar-refractivity contribution < 1.29 is 4.74 Å². The number of ether oxygens (including phenoxy) is 1. The molecule has 2 aromatic carbocycles. The van der Waals surface area contributed by atoms with Gasteiger partial charge in [-0.3, -0.25) is 4.79 Å². The lowest BCUT2D eigenvalue weighted by molar-refractivity contribution is 0.415. The smallest absolute Gasteiger partial charge is 0.190 e. The van der Waals surface area contributed by atoms with Crippen LogP contribution in [0.5, 0.6) is 5.75 Å². The highest BCUT2D eigenvalue weighted by Crippen LogP contribution is 2.17. The molecule has 3 nitrogen and oxygen atoms in total. The van der Waals surface area contributed by atoms with E-state index in [1.165, 1.54) is 0 Å². The van der Waals surface area contributed by atoms with E-state index in [1.807, 2.05) is 54.6 Å². The summed E-state index contributed by atoms with van der Waals surface area (Å²) in [6.45, 7) is 0. The second kappa shape index (κ2) is 5.67. The van der Waals surface area contributed by atoms with Gasteiger partial charge in [0, 0.05) is 22.7 Å². The number of aromatic amines is 1. The van der Waals surface area contributed by atoms with Crippen molar-refractivity contribution in [1.82, 2.24) is 4.98 Å². The predicted molar refractivity (Wildman–Crippen MR) is 86.5 cm³/mol. The molecule has 0 aliphatic rings. The van der Waals surface area contributed by atoms with E-state index in [4.69, 9.17) is 4.74 Å². The highest BCUT2D eigenvalue weighted by atomic mass is 16.5. The van der Waals surface area contributed by atoms with Crippen LogP contribution in [0.4, 0.5) is 0 Å². The molecule has 3 aromatic rings. The van der Waals surface area contributed by atoms with Gasteiger partial charge in [-0.2, -0.15) is 0 Å². The molecule has 21 heavy (non-hydrogen) atoms. The minimum atomic E-state index is -0.0182. The monoisotopic (exact) mass is 277 g/mol. The van der Waals surface area contributed by atoms with E-state index in [0.717, 1.165) is 16.8 Å². The lowest BCUT2D eigenvalue weighted by atomic mass is 10.1. The number of aromatic nitrogens is 1. The third-order valence-corrected chi connectivity index (χ3v) is 3.31. The van der Waals surface area contributed by atoms with Gasteiger partial charge in [0.15, 0.2) is 5.43 Å². The molecule has 0 fully saturated rings. The second-order valence-corrected chi connectivity index (χ2v) is 4.74. The lowest BCUT2D eigenvalue weighted by Crippen LogP contribution is -2.03. The van der Waals surface area contributed by atoms with Crippen LogP contribution >= 0.6 is 0 Å². The van der Waals surface area contributed by atoms with Gasteiger partial charge in [-0.05, 0) is 29.8 Å². The van der Waals surface area contributed by atoms with Crippen molar-refractivity contribution in [3.05, 3.63) is 76.1 Å². The van der Waals surface area contributed by atoms with Gasteiger partial charge in [0.05, 0.1) is 7.11 Å². The quantitative estimate of drug-likeness (QED) is 0.793. The molecule has 104 valence electrons. The predicted octanol–water partition coefficient (Wildman–Crippen LogP) is 3.71. The van der Waals surface area contributed by atoms with E-state index in [2.05, 4.69) is 4.98 Å². The average Bonchev–Trinajstić information content (AvgIpc) is 2.54. The summed E-state index contributed by atoms with van der Waals surface area (Å²) in [6.07, 6.45) is 3.88. The summed E-state index contributed by atoms with van der Waals surface area (Å²) in [5.74, 6) is 0.681. The van der Waals surface area contributed by atoms with Crippen LogP contribution in [0.15, 0.2) is 59.4 Å². The van der Waals surface area contributed by atoms with Crippen LogP contribution in [0.25, 0.3) is 23.1 Å². The second-order valence-electron chi connectivity index (χ2n) is 4.74. The molecular formula is C18H15NO2. The molecular weight excluding hydrogens is 262 g/mol. The first-order valence-electron chi connectivity index (χ1n) is 6.70. The minimum Gasteiger partial charge on any atom is -0.497 e. The van der Waals surface area contributed by atoms with Crippen molar-refractivity contribution in [2.24, 2.45) is 0 Å². The topological polar surface area (TPSA) is 42.1 Å². The Morgan fingerprint density at radius 2 is 1.81 bits per heavy atom. The van der Waals surface area contributed by atoms with Gasteiger partial charge in [0.1, 0.15) is 5.75 Å². The summed E-state index contributed by atoms with van der Waals surface area (Å²) >= 11 is 0. The van der Waals surface area contributed by atoms with Crippen molar-refractivity contribution >= 4 is 23.1 Å². The zero-order valence-electron chi connectivity index (χ0n) is 11.7. The first-order chi connectivity index (χ1) is 10.3. The molecule has 0 amide bonds. The maximum Gasteiger partial charge on any atom is 0.190 e. The van der Waals surface area contributed by atoms with Gasteiger partial charge in [0.2, 0.25) is 0 Å². The van der Waals surface area contributed by atoms with Gasteiger partial charge < -0.3 is 9.72 Å². The Balaban J connectivity index is 2.01. The number of hydrogen-bond acceptors (Lipinski definition) is 2. The standard InChI is InChI=1S/C18H15NO2/c1-21-15-9-10-17-16(12-15)18(20)11-14(19-17)8-7-13-5-3-2-4-6-13/h2-12H,1H3,(H,19,20)/b8-7+. The Kier molecular flexibility index (Phi) is 3.56. The zero-order chi connectivity index (χ0) is 14.7. The first-order valence-corrected chi connectivity index (χ1v) is 6.70. The van der Waals surface area contributed by atoms with E-state index < -0.39 is 0 Å². The molecule has 1 N–H and O–H groups in total. The Labute approximate surface area is 122 Å². The molecule has 0 aliphatic heterocycles. The molecule has 0 aliphatic carbocycles. The van der Waals surface area contributed by atoms with Crippen LogP contribution in [-0.4, -0.2) is 12.1 Å². The van der Waals surface area contributed by atoms with Crippen LogP contribution in [0, 0.1) is 0 Å². The maximum absolute atomic E-state index is 12.2. The Hall–Kier alpha value is -2.81. The van der Waals surface area contributed by atoms with E-state index in [0.29, 0.717) is 11.1 Å². The van der Waals surface area contributed by atoms with E-state index in [1.54, 1.807) is 19.2 Å². The van der Waals surface area contributed by atoms with Crippen molar-refractivity contribution in [1.29, 1.82) is 0 Å². The first kappa shape index (κ1) is 13.2. The van der Waals surface area contributed by atoms with Crippen LogP contribution in [0.1, 0.15) is 11.3 Å². The molecule has 0 atom stereocenters. The third kappa shape index (κ3) is 2.87. The summed E-state index contributed by atoms with van der Waals surface area (Å²) in [4.78, 5) is 15.4. The molecule has 0 radical (unpaired) electrons. The minimum absolute atomic E-state index is 0.0182. The number of fused-ring (bicyclic) bond motifs is 1. The molecule has 0 saturated carbocycles. The normalized spacial score (nSPS) is 11.1. The molecule has 3 rings (SSSR count). The molecule has 0 saturated heterocycles. The van der Waals surface area contributed by atoms with Crippen LogP contribution in [0.3, 0.4) is 0 Å². The molecule has 1 heterocycles. The van der Waals surface area contributed by atoms with Gasteiger partial charge in [-0.15, -0.1) is 0 Å².